The molecule has 11 heteroatoms. The van der Waals surface area contributed by atoms with Gasteiger partial charge in [-0.05, 0) is 43.7 Å². The van der Waals surface area contributed by atoms with E-state index in [2.05, 4.69) is 15.6 Å². The first kappa shape index (κ1) is 23.8. The number of amides is 4. The van der Waals surface area contributed by atoms with Gasteiger partial charge in [0.1, 0.15) is 24.3 Å². The average molecular weight is 498 g/mol. The molecule has 1 aliphatic carbocycles. The lowest BCUT2D eigenvalue weighted by Crippen LogP contribution is -2.52. The number of aryl methyl sites for hydroxylation is 1. The molecule has 1 saturated heterocycles. The Kier molecular flexibility index (Phi) is 6.15. The molecule has 2 aliphatic heterocycles. The van der Waals surface area contributed by atoms with Crippen molar-refractivity contribution in [2.45, 2.75) is 63.8 Å². The van der Waals surface area contributed by atoms with Gasteiger partial charge in [0.05, 0.1) is 5.56 Å². The van der Waals surface area contributed by atoms with Crippen LogP contribution in [0, 0.1) is 18.6 Å². The van der Waals surface area contributed by atoms with Crippen LogP contribution in [0.4, 0.5) is 13.6 Å². The number of hydrogen-bond acceptors (Lipinski definition) is 6. The van der Waals surface area contributed by atoms with Crippen LogP contribution < -0.4 is 10.6 Å². The van der Waals surface area contributed by atoms with Gasteiger partial charge in [-0.1, -0.05) is 12.1 Å². The second kappa shape index (κ2) is 9.29. The summed E-state index contributed by atoms with van der Waals surface area (Å²) in [7, 11) is 0. The van der Waals surface area contributed by atoms with E-state index >= 15 is 4.39 Å². The number of nitrogens with zero attached hydrogens (tertiary/aromatic N) is 2. The maximum atomic E-state index is 15.2. The van der Waals surface area contributed by atoms with Crippen LogP contribution in [0.3, 0.4) is 0 Å². The Hall–Kier alpha value is -3.89. The largest absolute Gasteiger partial charge is 0.445 e. The zero-order valence-corrected chi connectivity index (χ0v) is 19.5. The van der Waals surface area contributed by atoms with Crippen molar-refractivity contribution in [1.29, 1.82) is 0 Å². The predicted octanol–water partition coefficient (Wildman–Crippen LogP) is 2.60. The number of carbonyl (C=O) groups excluding carboxylic acids is 4. The minimum Gasteiger partial charge on any atom is -0.445 e. The number of carbonyl (C=O) groups is 4. The number of hydrogen-bond donors (Lipinski definition) is 2. The fourth-order valence-corrected chi connectivity index (χ4v) is 5.12. The summed E-state index contributed by atoms with van der Waals surface area (Å²) < 4.78 is 34.4. The topological polar surface area (TPSA) is 118 Å². The summed E-state index contributed by atoms with van der Waals surface area (Å²) in [6.07, 6.45) is 2.03. The highest BCUT2D eigenvalue weighted by Crippen LogP contribution is 2.39. The van der Waals surface area contributed by atoms with Gasteiger partial charge in [0, 0.05) is 42.0 Å². The molecule has 1 saturated carbocycles. The molecule has 1 aromatic heterocycles. The average Bonchev–Trinajstić information content (AvgIpc) is 3.13. The van der Waals surface area contributed by atoms with Gasteiger partial charge in [-0.15, -0.1) is 0 Å². The number of piperidine rings is 1. The second-order valence-electron chi connectivity index (χ2n) is 9.35. The molecule has 5 rings (SSSR count). The van der Waals surface area contributed by atoms with Crippen molar-refractivity contribution in [1.82, 2.24) is 20.5 Å². The first-order valence-electron chi connectivity index (χ1n) is 11.7. The van der Waals surface area contributed by atoms with Crippen LogP contribution in [-0.4, -0.2) is 45.8 Å². The molecule has 1 aromatic carbocycles. The number of ether oxygens (including phenoxy) is 1. The highest BCUT2D eigenvalue weighted by molar-refractivity contribution is 6.05. The standard InChI is InChI=1S/C25H24F2N4O5/c1-12-20(17(26)6-7-28-12)15-8-16(9-15)29-25(35)36-11-14-3-2-13-10-31(24(34)21(13)22(14)27)18-4-5-19(32)30-23(18)33/h2-3,6-7,15-16,18H,4-5,8-11H2,1H3,(H,29,35)(H,30,32,33). The molecule has 3 aliphatic rings. The molecule has 3 heterocycles. The Bertz CT molecular complexity index is 1260. The fraction of sp³-hybridized carbons (Fsp3) is 0.400. The van der Waals surface area contributed by atoms with E-state index in [9.17, 15) is 23.6 Å². The van der Waals surface area contributed by atoms with Gasteiger partial charge in [-0.2, -0.15) is 0 Å². The quantitative estimate of drug-likeness (QED) is 0.612. The Labute approximate surface area is 205 Å². The van der Waals surface area contributed by atoms with Crippen LogP contribution in [0.1, 0.15) is 64.3 Å². The van der Waals surface area contributed by atoms with E-state index in [4.69, 9.17) is 4.74 Å². The molecule has 0 radical (unpaired) electrons. The van der Waals surface area contributed by atoms with E-state index in [0.29, 0.717) is 29.7 Å². The van der Waals surface area contributed by atoms with Gasteiger partial charge in [-0.25, -0.2) is 13.6 Å². The van der Waals surface area contributed by atoms with Crippen LogP contribution in [-0.2, 0) is 27.5 Å². The normalized spacial score (nSPS) is 23.1. The molecule has 36 heavy (non-hydrogen) atoms. The fourth-order valence-electron chi connectivity index (χ4n) is 5.12. The lowest BCUT2D eigenvalue weighted by molar-refractivity contribution is -0.136. The lowest BCUT2D eigenvalue weighted by atomic mass is 9.75. The monoisotopic (exact) mass is 498 g/mol. The minimum absolute atomic E-state index is 0.0296. The highest BCUT2D eigenvalue weighted by atomic mass is 19.1. The minimum atomic E-state index is -0.845. The van der Waals surface area contributed by atoms with Crippen LogP contribution in [0.25, 0.3) is 0 Å². The van der Waals surface area contributed by atoms with E-state index < -0.39 is 35.7 Å². The molecule has 9 nitrogen and oxygen atoms in total. The molecule has 1 unspecified atom stereocenters. The van der Waals surface area contributed by atoms with Crippen molar-refractivity contribution in [3.63, 3.8) is 0 Å². The molecular formula is C25H24F2N4O5. The molecule has 2 N–H and O–H groups in total. The summed E-state index contributed by atoms with van der Waals surface area (Å²) in [6, 6.07) is 3.28. The zero-order valence-electron chi connectivity index (χ0n) is 19.5. The van der Waals surface area contributed by atoms with Crippen molar-refractivity contribution in [2.24, 2.45) is 0 Å². The van der Waals surface area contributed by atoms with Gasteiger partial charge in [0.2, 0.25) is 11.8 Å². The highest BCUT2D eigenvalue weighted by Gasteiger charge is 2.41. The van der Waals surface area contributed by atoms with Gasteiger partial charge in [0.15, 0.2) is 0 Å². The number of rotatable bonds is 5. The summed E-state index contributed by atoms with van der Waals surface area (Å²) in [5.74, 6) is -2.77. The Morgan fingerprint density at radius 2 is 2.00 bits per heavy atom. The van der Waals surface area contributed by atoms with Crippen LogP contribution in [0.5, 0.6) is 0 Å². The first-order valence-corrected chi connectivity index (χ1v) is 11.7. The number of benzene rings is 1. The molecule has 1 atom stereocenters. The maximum absolute atomic E-state index is 15.2. The number of halogens is 2. The number of imide groups is 1. The van der Waals surface area contributed by atoms with Gasteiger partial charge in [-0.3, -0.25) is 24.7 Å². The Balaban J connectivity index is 1.17. The van der Waals surface area contributed by atoms with E-state index in [-0.39, 0.29) is 54.9 Å². The third-order valence-electron chi connectivity index (χ3n) is 7.07. The molecule has 4 amide bonds. The summed E-state index contributed by atoms with van der Waals surface area (Å²) >= 11 is 0. The second-order valence-corrected chi connectivity index (χ2v) is 9.35. The van der Waals surface area contributed by atoms with Gasteiger partial charge >= 0.3 is 6.09 Å². The number of fused-ring (bicyclic) bond motifs is 1. The van der Waals surface area contributed by atoms with E-state index in [0.717, 1.165) is 0 Å². The number of aromatic nitrogens is 1. The van der Waals surface area contributed by atoms with Crippen molar-refractivity contribution in [3.8, 4) is 0 Å². The van der Waals surface area contributed by atoms with Crippen LogP contribution in [0.15, 0.2) is 24.4 Å². The molecule has 2 fully saturated rings. The summed E-state index contributed by atoms with van der Waals surface area (Å²) in [5.41, 5.74) is 1.48. The van der Waals surface area contributed by atoms with Crippen molar-refractivity contribution < 1.29 is 32.7 Å². The first-order chi connectivity index (χ1) is 17.2. The summed E-state index contributed by atoms with van der Waals surface area (Å²) in [4.78, 5) is 54.1. The molecule has 0 bridgehead atoms. The number of pyridine rings is 1. The van der Waals surface area contributed by atoms with E-state index in [1.54, 1.807) is 13.0 Å². The van der Waals surface area contributed by atoms with E-state index in [1.807, 2.05) is 0 Å². The van der Waals surface area contributed by atoms with Crippen molar-refractivity contribution >= 4 is 23.8 Å². The Morgan fingerprint density at radius 1 is 1.22 bits per heavy atom. The smallest absolute Gasteiger partial charge is 0.407 e. The number of alkyl carbamates (subject to hydrolysis) is 1. The predicted molar refractivity (Wildman–Crippen MR) is 120 cm³/mol. The maximum Gasteiger partial charge on any atom is 0.407 e. The summed E-state index contributed by atoms with van der Waals surface area (Å²) in [6.45, 7) is 1.41. The number of nitrogens with one attached hydrogen (secondary N) is 2. The SMILES string of the molecule is Cc1nccc(F)c1C1CC(NC(=O)OCc2ccc3c(c2F)C(=O)N(C2CCC(=O)NC2=O)C3)C1. The summed E-state index contributed by atoms with van der Waals surface area (Å²) in [5, 5.41) is 4.89. The molecular weight excluding hydrogens is 474 g/mol. The molecule has 2 aromatic rings. The third kappa shape index (κ3) is 4.29. The lowest BCUT2D eigenvalue weighted by Gasteiger charge is -2.36. The van der Waals surface area contributed by atoms with Crippen LogP contribution >= 0.6 is 0 Å². The molecule has 188 valence electrons. The van der Waals surface area contributed by atoms with Crippen molar-refractivity contribution in [2.75, 3.05) is 0 Å². The Morgan fingerprint density at radius 3 is 2.72 bits per heavy atom. The zero-order chi connectivity index (χ0) is 25.6. The molecule has 0 spiro atoms. The van der Waals surface area contributed by atoms with Gasteiger partial charge < -0.3 is 15.0 Å². The van der Waals surface area contributed by atoms with Crippen LogP contribution in [0.2, 0.25) is 0 Å². The van der Waals surface area contributed by atoms with Crippen molar-refractivity contribution in [3.05, 3.63) is 64.0 Å². The van der Waals surface area contributed by atoms with E-state index in [1.165, 1.54) is 23.2 Å². The third-order valence-corrected chi connectivity index (χ3v) is 7.07. The van der Waals surface area contributed by atoms with Gasteiger partial charge in [0.25, 0.3) is 5.91 Å².